The Hall–Kier alpha value is -0.950. The van der Waals surface area contributed by atoms with Crippen LogP contribution in [-0.2, 0) is 4.79 Å². The summed E-state index contributed by atoms with van der Waals surface area (Å²) in [6.45, 7) is 0. The predicted octanol–water partition coefficient (Wildman–Crippen LogP) is 0.411. The smallest absolute Gasteiger partial charge is 0.333 e. The summed E-state index contributed by atoms with van der Waals surface area (Å²) in [5, 5.41) is 10.7. The Balaban J connectivity index is 2.10. The topological polar surface area (TPSA) is 72.9 Å². The van der Waals surface area contributed by atoms with E-state index >= 15 is 0 Å². The molecule has 2 aliphatic rings. The van der Waals surface area contributed by atoms with Gasteiger partial charge in [0.15, 0.2) is 0 Å². The molecule has 0 spiro atoms. The SMILES string of the molecule is CN(C)NC(=O)N1C(C(=O)O)CSC1C1CC1. The van der Waals surface area contributed by atoms with E-state index in [0.29, 0.717) is 11.7 Å². The van der Waals surface area contributed by atoms with Crippen molar-refractivity contribution in [2.75, 3.05) is 19.8 Å². The first-order valence-corrected chi connectivity index (χ1v) is 6.66. The molecule has 0 aromatic heterocycles. The Kier molecular flexibility index (Phi) is 3.48. The molecule has 0 aromatic carbocycles. The second kappa shape index (κ2) is 4.73. The zero-order valence-corrected chi connectivity index (χ0v) is 10.7. The van der Waals surface area contributed by atoms with E-state index in [0.717, 1.165) is 12.8 Å². The van der Waals surface area contributed by atoms with Crippen LogP contribution in [0.1, 0.15) is 12.8 Å². The van der Waals surface area contributed by atoms with E-state index in [-0.39, 0.29) is 11.4 Å². The Morgan fingerprint density at radius 3 is 2.53 bits per heavy atom. The molecule has 2 fully saturated rings. The number of urea groups is 1. The Morgan fingerprint density at radius 2 is 2.06 bits per heavy atom. The van der Waals surface area contributed by atoms with Crippen LogP contribution in [0.5, 0.6) is 0 Å². The van der Waals surface area contributed by atoms with Gasteiger partial charge < -0.3 is 5.11 Å². The lowest BCUT2D eigenvalue weighted by atomic mass is 10.2. The van der Waals surface area contributed by atoms with Crippen molar-refractivity contribution in [2.24, 2.45) is 5.92 Å². The second-order valence-corrected chi connectivity index (χ2v) is 5.78. The van der Waals surface area contributed by atoms with E-state index in [1.165, 1.54) is 9.91 Å². The lowest BCUT2D eigenvalue weighted by molar-refractivity contribution is -0.141. The molecule has 17 heavy (non-hydrogen) atoms. The lowest BCUT2D eigenvalue weighted by Gasteiger charge is -2.28. The van der Waals surface area contributed by atoms with Gasteiger partial charge in [-0.3, -0.25) is 10.3 Å². The van der Waals surface area contributed by atoms with Crippen molar-refractivity contribution in [3.63, 3.8) is 0 Å². The number of carbonyl (C=O) groups excluding carboxylic acids is 1. The quantitative estimate of drug-likeness (QED) is 0.718. The van der Waals surface area contributed by atoms with Crippen LogP contribution in [0.3, 0.4) is 0 Å². The number of aliphatic carboxylic acids is 1. The fraction of sp³-hybridized carbons (Fsp3) is 0.800. The van der Waals surface area contributed by atoms with Gasteiger partial charge in [0.25, 0.3) is 0 Å². The zero-order chi connectivity index (χ0) is 12.6. The summed E-state index contributed by atoms with van der Waals surface area (Å²) in [4.78, 5) is 24.6. The number of carboxylic acids is 1. The second-order valence-electron chi connectivity index (χ2n) is 4.63. The number of carboxylic acid groups (broad SMARTS) is 1. The van der Waals surface area contributed by atoms with Gasteiger partial charge in [0.05, 0.1) is 5.37 Å². The maximum Gasteiger partial charge on any atom is 0.333 e. The maximum atomic E-state index is 12.0. The first kappa shape index (κ1) is 12.5. The number of hydrogen-bond acceptors (Lipinski definition) is 4. The fourth-order valence-corrected chi connectivity index (χ4v) is 3.60. The number of hydrazine groups is 1. The van der Waals surface area contributed by atoms with Crippen LogP contribution in [0.15, 0.2) is 0 Å². The first-order valence-electron chi connectivity index (χ1n) is 5.61. The van der Waals surface area contributed by atoms with Crippen molar-refractivity contribution in [3.8, 4) is 0 Å². The van der Waals surface area contributed by atoms with Crippen molar-refractivity contribution < 1.29 is 14.7 Å². The third-order valence-corrected chi connectivity index (χ3v) is 4.36. The summed E-state index contributed by atoms with van der Waals surface area (Å²) in [6.07, 6.45) is 2.19. The zero-order valence-electron chi connectivity index (χ0n) is 9.92. The molecule has 2 rings (SSSR count). The predicted molar refractivity (Wildman–Crippen MR) is 64.5 cm³/mol. The highest BCUT2D eigenvalue weighted by Gasteiger charge is 2.48. The van der Waals surface area contributed by atoms with E-state index in [4.69, 9.17) is 5.11 Å². The van der Waals surface area contributed by atoms with Gasteiger partial charge >= 0.3 is 12.0 Å². The average molecular weight is 259 g/mol. The molecule has 2 amide bonds. The molecule has 0 aromatic rings. The summed E-state index contributed by atoms with van der Waals surface area (Å²) in [5.41, 5.74) is 2.63. The standard InChI is InChI=1S/C10H17N3O3S/c1-12(2)11-10(16)13-7(9(14)15)5-17-8(13)6-3-4-6/h6-8H,3-5H2,1-2H3,(H,11,16)(H,14,15). The number of nitrogens with one attached hydrogen (secondary N) is 1. The summed E-state index contributed by atoms with van der Waals surface area (Å²) in [7, 11) is 3.42. The van der Waals surface area contributed by atoms with E-state index in [2.05, 4.69) is 5.43 Å². The highest BCUT2D eigenvalue weighted by atomic mass is 32.2. The average Bonchev–Trinajstić information content (AvgIpc) is 2.95. The molecular weight excluding hydrogens is 242 g/mol. The van der Waals surface area contributed by atoms with E-state index in [1.54, 1.807) is 25.9 Å². The lowest BCUT2D eigenvalue weighted by Crippen LogP contribution is -2.53. The maximum absolute atomic E-state index is 12.0. The van der Waals surface area contributed by atoms with Crippen molar-refractivity contribution in [3.05, 3.63) is 0 Å². The Labute approximate surface area is 104 Å². The minimum absolute atomic E-state index is 0.0241. The van der Waals surface area contributed by atoms with Crippen LogP contribution in [-0.4, -0.2) is 58.3 Å². The summed E-state index contributed by atoms with van der Waals surface area (Å²) >= 11 is 1.58. The van der Waals surface area contributed by atoms with Gasteiger partial charge in [0.1, 0.15) is 6.04 Å². The molecule has 1 heterocycles. The van der Waals surface area contributed by atoms with Gasteiger partial charge in [-0.1, -0.05) is 0 Å². The Morgan fingerprint density at radius 1 is 1.41 bits per heavy atom. The number of thioether (sulfide) groups is 1. The van der Waals surface area contributed by atoms with Gasteiger partial charge in [0, 0.05) is 19.8 Å². The van der Waals surface area contributed by atoms with Gasteiger partial charge in [0.2, 0.25) is 0 Å². The monoisotopic (exact) mass is 259 g/mol. The van der Waals surface area contributed by atoms with Crippen LogP contribution in [0.2, 0.25) is 0 Å². The third kappa shape index (κ3) is 2.66. The molecule has 2 N–H and O–H groups in total. The van der Waals surface area contributed by atoms with Crippen LogP contribution >= 0.6 is 11.8 Å². The van der Waals surface area contributed by atoms with E-state index in [1.807, 2.05) is 0 Å². The number of rotatable bonds is 3. The van der Waals surface area contributed by atoms with Gasteiger partial charge in [-0.15, -0.1) is 11.8 Å². The minimum atomic E-state index is -0.922. The molecule has 1 aliphatic heterocycles. The number of amides is 2. The van der Waals surface area contributed by atoms with Crippen LogP contribution in [0, 0.1) is 5.92 Å². The van der Waals surface area contributed by atoms with E-state index < -0.39 is 12.0 Å². The highest BCUT2D eigenvalue weighted by Crippen LogP contribution is 2.45. The first-order chi connectivity index (χ1) is 8.00. The van der Waals surface area contributed by atoms with Crippen LogP contribution in [0.4, 0.5) is 4.79 Å². The molecule has 0 bridgehead atoms. The molecular formula is C10H17N3O3S. The van der Waals surface area contributed by atoms with Gasteiger partial charge in [-0.25, -0.2) is 14.6 Å². The molecule has 96 valence electrons. The van der Waals surface area contributed by atoms with Crippen LogP contribution in [0.25, 0.3) is 0 Å². The third-order valence-electron chi connectivity index (χ3n) is 2.90. The summed E-state index contributed by atoms with van der Waals surface area (Å²) < 4.78 is 0. The molecule has 1 saturated carbocycles. The molecule has 6 nitrogen and oxygen atoms in total. The van der Waals surface area contributed by atoms with Gasteiger partial charge in [-0.2, -0.15) is 0 Å². The molecule has 1 saturated heterocycles. The number of nitrogens with zero attached hydrogens (tertiary/aromatic N) is 2. The fourth-order valence-electron chi connectivity index (χ4n) is 1.97. The molecule has 2 unspecified atom stereocenters. The van der Waals surface area contributed by atoms with E-state index in [9.17, 15) is 9.59 Å². The van der Waals surface area contributed by atoms with Crippen molar-refractivity contribution in [1.82, 2.24) is 15.3 Å². The summed E-state index contributed by atoms with van der Waals surface area (Å²) in [5.74, 6) is 0.0315. The highest BCUT2D eigenvalue weighted by molar-refractivity contribution is 8.00. The minimum Gasteiger partial charge on any atom is -0.480 e. The summed E-state index contributed by atoms with van der Waals surface area (Å²) in [6, 6.07) is -1.02. The number of carbonyl (C=O) groups is 2. The Bertz CT molecular complexity index is 333. The largest absolute Gasteiger partial charge is 0.480 e. The van der Waals surface area contributed by atoms with Crippen molar-refractivity contribution in [2.45, 2.75) is 24.3 Å². The normalized spacial score (nSPS) is 28.5. The molecule has 2 atom stereocenters. The van der Waals surface area contributed by atoms with Crippen molar-refractivity contribution in [1.29, 1.82) is 0 Å². The molecule has 1 aliphatic carbocycles. The number of hydrogen-bond donors (Lipinski definition) is 2. The van der Waals surface area contributed by atoms with Gasteiger partial charge in [-0.05, 0) is 18.8 Å². The molecule has 0 radical (unpaired) electrons. The van der Waals surface area contributed by atoms with Crippen LogP contribution < -0.4 is 5.43 Å². The molecule has 7 heteroatoms. The van der Waals surface area contributed by atoms with Crippen molar-refractivity contribution >= 4 is 23.8 Å².